The van der Waals surface area contributed by atoms with Gasteiger partial charge in [-0.15, -0.1) is 0 Å². The lowest BCUT2D eigenvalue weighted by Crippen LogP contribution is -2.29. The molecule has 38 heavy (non-hydrogen) atoms. The van der Waals surface area contributed by atoms with Crippen LogP contribution in [-0.4, -0.2) is 47.0 Å². The molecule has 0 unspecified atom stereocenters. The predicted molar refractivity (Wildman–Crippen MR) is 136 cm³/mol. The molecule has 2 heterocycles. The molecule has 13 heteroatoms. The van der Waals surface area contributed by atoms with Gasteiger partial charge in [0.2, 0.25) is 10.0 Å². The fourth-order valence-electron chi connectivity index (χ4n) is 3.62. The first kappa shape index (κ1) is 27.3. The van der Waals surface area contributed by atoms with E-state index in [1.165, 1.54) is 55.6 Å². The molecule has 0 aliphatic heterocycles. The fraction of sp³-hybridized carbons (Fsp3) is 0.160. The van der Waals surface area contributed by atoms with Crippen LogP contribution in [0.5, 0.6) is 0 Å². The summed E-state index contributed by atoms with van der Waals surface area (Å²) in [4.78, 5) is 16.9. The molecule has 0 radical (unpaired) electrons. The Bertz CT molecular complexity index is 1540. The first-order chi connectivity index (χ1) is 18.0. The average Bonchev–Trinajstić information content (AvgIpc) is 3.35. The smallest absolute Gasteiger partial charge is 0.322 e. The monoisotopic (exact) mass is 563 g/mol. The van der Waals surface area contributed by atoms with Crippen LogP contribution in [0.25, 0.3) is 5.69 Å². The minimum Gasteiger partial charge on any atom is -0.322 e. The molecule has 4 rings (SSSR count). The molecule has 0 atom stereocenters. The van der Waals surface area contributed by atoms with Gasteiger partial charge in [0.25, 0.3) is 5.91 Å². The van der Waals surface area contributed by atoms with E-state index in [9.17, 15) is 26.4 Å². The lowest BCUT2D eigenvalue weighted by molar-refractivity contribution is -0.143. The normalized spacial score (nSPS) is 12.1. The number of nitrogens with zero attached hydrogens (tertiary/aromatic N) is 4. The second-order valence-electron chi connectivity index (χ2n) is 8.17. The van der Waals surface area contributed by atoms with Crippen LogP contribution in [0.15, 0.2) is 84.0 Å². The fourth-order valence-corrected chi connectivity index (χ4v) is 4.96. The summed E-state index contributed by atoms with van der Waals surface area (Å²) in [5.41, 5.74) is -1.23. The second-order valence-corrected chi connectivity index (χ2v) is 10.7. The second kappa shape index (κ2) is 10.9. The summed E-state index contributed by atoms with van der Waals surface area (Å²) in [6.45, 7) is 0.148. The molecule has 1 N–H and O–H groups in total. The first-order valence-electron chi connectivity index (χ1n) is 11.2. The number of benzene rings is 2. The van der Waals surface area contributed by atoms with Gasteiger partial charge in [-0.25, -0.2) is 17.4 Å². The number of likely N-dealkylation sites (N-methyl/N-ethyl adjacent to an activating group) is 1. The van der Waals surface area contributed by atoms with Crippen molar-refractivity contribution < 1.29 is 26.4 Å². The molecular weight excluding hydrogens is 543 g/mol. The van der Waals surface area contributed by atoms with Crippen LogP contribution in [0.4, 0.5) is 18.9 Å². The number of alkyl halides is 3. The molecule has 8 nitrogen and oxygen atoms in total. The van der Waals surface area contributed by atoms with E-state index in [2.05, 4.69) is 15.4 Å². The number of nitrogens with one attached hydrogen (secondary N) is 1. The third-order valence-electron chi connectivity index (χ3n) is 5.56. The van der Waals surface area contributed by atoms with Gasteiger partial charge in [0.15, 0.2) is 5.69 Å². The number of anilines is 1. The maximum Gasteiger partial charge on any atom is 0.434 e. The third-order valence-corrected chi connectivity index (χ3v) is 7.67. The molecule has 4 aromatic rings. The Morgan fingerprint density at radius 1 is 1.08 bits per heavy atom. The van der Waals surface area contributed by atoms with Gasteiger partial charge in [-0.1, -0.05) is 23.7 Å². The molecule has 0 bridgehead atoms. The zero-order valence-electron chi connectivity index (χ0n) is 19.9. The van der Waals surface area contributed by atoms with Crippen molar-refractivity contribution >= 4 is 33.2 Å². The summed E-state index contributed by atoms with van der Waals surface area (Å²) >= 11 is 5.82. The lowest BCUT2D eigenvalue weighted by atomic mass is 10.2. The molecule has 1 amide bonds. The van der Waals surface area contributed by atoms with Gasteiger partial charge in [-0.3, -0.25) is 9.78 Å². The summed E-state index contributed by atoms with van der Waals surface area (Å²) in [5, 5.41) is 6.43. The number of hydrogen-bond acceptors (Lipinski definition) is 5. The Labute approximate surface area is 221 Å². The number of sulfonamides is 1. The Morgan fingerprint density at radius 2 is 1.82 bits per heavy atom. The molecule has 198 valence electrons. The maximum atomic E-state index is 14.0. The minimum absolute atomic E-state index is 0.00145. The van der Waals surface area contributed by atoms with E-state index in [1.54, 1.807) is 24.4 Å². The van der Waals surface area contributed by atoms with Crippen molar-refractivity contribution in [2.24, 2.45) is 0 Å². The van der Waals surface area contributed by atoms with E-state index in [4.69, 9.17) is 11.6 Å². The van der Waals surface area contributed by atoms with Crippen LogP contribution < -0.4 is 5.32 Å². The molecule has 0 fully saturated rings. The summed E-state index contributed by atoms with van der Waals surface area (Å²) < 4.78 is 69.7. The summed E-state index contributed by atoms with van der Waals surface area (Å²) in [7, 11) is -2.54. The zero-order chi connectivity index (χ0) is 27.5. The number of halogens is 4. The highest BCUT2D eigenvalue weighted by atomic mass is 35.5. The number of carbonyl (C=O) groups excluding carboxylic acids is 1. The number of aromatic nitrogens is 3. The molecule has 0 aliphatic rings. The Hall–Kier alpha value is -3.74. The Kier molecular flexibility index (Phi) is 7.86. The van der Waals surface area contributed by atoms with Gasteiger partial charge in [0, 0.05) is 42.6 Å². The van der Waals surface area contributed by atoms with Crippen molar-refractivity contribution in [2.45, 2.75) is 17.5 Å². The zero-order valence-corrected chi connectivity index (χ0v) is 21.4. The van der Waals surface area contributed by atoms with Crippen LogP contribution in [0.1, 0.15) is 21.7 Å². The summed E-state index contributed by atoms with van der Waals surface area (Å²) in [5.74, 6) is -1.10. The highest BCUT2D eigenvalue weighted by Gasteiger charge is 2.40. The quantitative estimate of drug-likeness (QED) is 0.323. The van der Waals surface area contributed by atoms with Gasteiger partial charge in [-0.2, -0.15) is 18.3 Å². The Morgan fingerprint density at radius 3 is 2.47 bits per heavy atom. The topological polar surface area (TPSA) is 97.2 Å². The number of carbonyl (C=O) groups is 1. The van der Waals surface area contributed by atoms with Crippen molar-refractivity contribution in [1.29, 1.82) is 0 Å². The number of hydrogen-bond donors (Lipinski definition) is 1. The van der Waals surface area contributed by atoms with E-state index in [-0.39, 0.29) is 22.8 Å². The molecule has 0 aliphatic carbocycles. The third kappa shape index (κ3) is 6.04. The SMILES string of the molecule is CN(CCc1ccccn1)S(=O)(=O)c1cccc(NC(=O)c2cnn(-c3ccc(Cl)cc3)c2C(F)(F)F)c1. The van der Waals surface area contributed by atoms with Crippen LogP contribution in [0, 0.1) is 0 Å². The van der Waals surface area contributed by atoms with E-state index >= 15 is 0 Å². The van der Waals surface area contributed by atoms with E-state index < -0.39 is 33.4 Å². The molecule has 0 saturated heterocycles. The number of rotatable bonds is 8. The molecular formula is C25H21ClF3N5O3S. The minimum atomic E-state index is -4.91. The van der Waals surface area contributed by atoms with E-state index in [1.807, 2.05) is 0 Å². The predicted octanol–water partition coefficient (Wildman–Crippen LogP) is 5.06. The van der Waals surface area contributed by atoms with Crippen molar-refractivity contribution in [1.82, 2.24) is 19.1 Å². The largest absolute Gasteiger partial charge is 0.434 e. The van der Waals surface area contributed by atoms with Gasteiger partial charge in [0.05, 0.1) is 22.3 Å². The number of pyridine rings is 1. The summed E-state index contributed by atoms with van der Waals surface area (Å²) in [6, 6.07) is 16.1. The number of amides is 1. The maximum absolute atomic E-state index is 14.0. The molecule has 0 spiro atoms. The average molecular weight is 564 g/mol. The van der Waals surface area contributed by atoms with Crippen LogP contribution in [-0.2, 0) is 22.6 Å². The van der Waals surface area contributed by atoms with Gasteiger partial charge < -0.3 is 5.32 Å². The highest BCUT2D eigenvalue weighted by molar-refractivity contribution is 7.89. The van der Waals surface area contributed by atoms with Gasteiger partial charge >= 0.3 is 6.18 Å². The summed E-state index contributed by atoms with van der Waals surface area (Å²) in [6.07, 6.45) is -2.12. The van der Waals surface area contributed by atoms with Crippen molar-refractivity contribution in [3.05, 3.63) is 101 Å². The van der Waals surface area contributed by atoms with E-state index in [0.29, 0.717) is 16.1 Å². The van der Waals surface area contributed by atoms with Gasteiger partial charge in [0.1, 0.15) is 0 Å². The standard InChI is InChI=1S/C25H21ClF3N5O3S/c1-33(14-12-18-5-2-3-13-30-18)38(36,37)21-7-4-6-19(15-21)32-24(35)22-16-31-34(23(22)25(27,28)29)20-10-8-17(26)9-11-20/h2-11,13,15-16H,12,14H2,1H3,(H,32,35). The van der Waals surface area contributed by atoms with Crippen LogP contribution in [0.3, 0.4) is 0 Å². The molecule has 2 aromatic carbocycles. The van der Waals surface area contributed by atoms with E-state index in [0.717, 1.165) is 16.2 Å². The Balaban J connectivity index is 1.56. The lowest BCUT2D eigenvalue weighted by Gasteiger charge is -2.18. The van der Waals surface area contributed by atoms with Crippen LogP contribution >= 0.6 is 11.6 Å². The van der Waals surface area contributed by atoms with Gasteiger partial charge in [-0.05, 0) is 54.6 Å². The molecule has 2 aromatic heterocycles. The van der Waals surface area contributed by atoms with Crippen molar-refractivity contribution in [2.75, 3.05) is 18.9 Å². The van der Waals surface area contributed by atoms with Crippen molar-refractivity contribution in [3.8, 4) is 5.69 Å². The van der Waals surface area contributed by atoms with Crippen molar-refractivity contribution in [3.63, 3.8) is 0 Å². The molecule has 0 saturated carbocycles. The highest BCUT2D eigenvalue weighted by Crippen LogP contribution is 2.34. The van der Waals surface area contributed by atoms with Crippen LogP contribution in [0.2, 0.25) is 5.02 Å². The first-order valence-corrected chi connectivity index (χ1v) is 13.0.